The molecule has 5 rings (SSSR count). The molecule has 1 saturated heterocycles. The Morgan fingerprint density at radius 2 is 1.87 bits per heavy atom. The number of benzene rings is 3. The van der Waals surface area contributed by atoms with Gasteiger partial charge in [0.05, 0.1) is 6.04 Å². The van der Waals surface area contributed by atoms with Gasteiger partial charge in [0.15, 0.2) is 11.5 Å². The number of hydrogen-bond acceptors (Lipinski definition) is 3. The monoisotopic (exact) mass is 400 g/mol. The molecule has 30 heavy (non-hydrogen) atoms. The Balaban J connectivity index is 1.39. The minimum absolute atomic E-state index is 0.0280. The van der Waals surface area contributed by atoms with E-state index in [1.807, 2.05) is 41.3 Å². The second kappa shape index (κ2) is 7.75. The van der Waals surface area contributed by atoms with E-state index in [1.165, 1.54) is 12.1 Å². The highest BCUT2D eigenvalue weighted by Gasteiger charge is 2.30. The summed E-state index contributed by atoms with van der Waals surface area (Å²) in [5.74, 6) is 0.333. The van der Waals surface area contributed by atoms with E-state index in [1.54, 1.807) is 24.3 Å². The predicted octanol–water partition coefficient (Wildman–Crippen LogP) is 5.54. The van der Waals surface area contributed by atoms with Crippen molar-refractivity contribution in [3.8, 4) is 0 Å². The molecule has 0 N–H and O–H groups in total. The van der Waals surface area contributed by atoms with Crippen LogP contribution >= 0.6 is 0 Å². The molecule has 1 aromatic heterocycles. The summed E-state index contributed by atoms with van der Waals surface area (Å²) in [6.07, 6.45) is 2.42. The standard InChI is InChI=1S/C25H21FN2O2/c26-20-11-8-18(9-12-20)22-7-4-14-28(22)25(29)19-10-13-23-21(16-19)27-24(30-23)15-17-5-2-1-3-6-17/h1-3,5-6,8-13,16,22H,4,7,14-15H2. The van der Waals surface area contributed by atoms with Gasteiger partial charge in [-0.05, 0) is 54.3 Å². The molecule has 3 aromatic carbocycles. The maximum Gasteiger partial charge on any atom is 0.254 e. The number of likely N-dealkylation sites (tertiary alicyclic amines) is 1. The fraction of sp³-hybridized carbons (Fsp3) is 0.200. The third kappa shape index (κ3) is 3.59. The topological polar surface area (TPSA) is 46.3 Å². The fourth-order valence-corrected chi connectivity index (χ4v) is 4.16. The molecular weight excluding hydrogens is 379 g/mol. The SMILES string of the molecule is O=C(c1ccc2oc(Cc3ccccc3)nc2c1)N1CCCC1c1ccc(F)cc1. The second-order valence-corrected chi connectivity index (χ2v) is 7.66. The van der Waals surface area contributed by atoms with Crippen LogP contribution in [0, 0.1) is 5.82 Å². The molecule has 4 aromatic rings. The molecule has 5 heteroatoms. The summed E-state index contributed by atoms with van der Waals surface area (Å²) < 4.78 is 19.1. The van der Waals surface area contributed by atoms with Crippen LogP contribution in [-0.2, 0) is 6.42 Å². The lowest BCUT2D eigenvalue weighted by Crippen LogP contribution is -2.30. The van der Waals surface area contributed by atoms with Crippen molar-refractivity contribution in [2.24, 2.45) is 0 Å². The van der Waals surface area contributed by atoms with Crippen molar-refractivity contribution in [2.75, 3.05) is 6.54 Å². The number of rotatable bonds is 4. The Morgan fingerprint density at radius 1 is 1.07 bits per heavy atom. The highest BCUT2D eigenvalue weighted by Crippen LogP contribution is 2.33. The predicted molar refractivity (Wildman–Crippen MR) is 113 cm³/mol. The van der Waals surface area contributed by atoms with Crippen LogP contribution in [0.5, 0.6) is 0 Å². The average molecular weight is 400 g/mol. The van der Waals surface area contributed by atoms with Gasteiger partial charge in [0.2, 0.25) is 0 Å². The number of halogens is 1. The molecule has 150 valence electrons. The van der Waals surface area contributed by atoms with Gasteiger partial charge in [-0.2, -0.15) is 0 Å². The van der Waals surface area contributed by atoms with Crippen LogP contribution < -0.4 is 0 Å². The Hall–Kier alpha value is -3.47. The summed E-state index contributed by atoms with van der Waals surface area (Å²) in [6, 6.07) is 21.8. The van der Waals surface area contributed by atoms with Gasteiger partial charge in [0.25, 0.3) is 5.91 Å². The van der Waals surface area contributed by atoms with Gasteiger partial charge in [-0.25, -0.2) is 9.37 Å². The van der Waals surface area contributed by atoms with Crippen molar-refractivity contribution in [3.63, 3.8) is 0 Å². The normalized spacial score (nSPS) is 16.3. The molecule has 2 heterocycles. The zero-order valence-corrected chi connectivity index (χ0v) is 16.4. The molecule has 1 aliphatic heterocycles. The first-order valence-corrected chi connectivity index (χ1v) is 10.2. The molecular formula is C25H21FN2O2. The van der Waals surface area contributed by atoms with Crippen LogP contribution in [0.2, 0.25) is 0 Å². The van der Waals surface area contributed by atoms with E-state index in [0.29, 0.717) is 35.5 Å². The summed E-state index contributed by atoms with van der Waals surface area (Å²) in [7, 11) is 0. The van der Waals surface area contributed by atoms with Crippen LogP contribution in [0.3, 0.4) is 0 Å². The molecule has 0 aliphatic carbocycles. The van der Waals surface area contributed by atoms with Crippen molar-refractivity contribution in [2.45, 2.75) is 25.3 Å². The highest BCUT2D eigenvalue weighted by atomic mass is 19.1. The minimum atomic E-state index is -0.266. The summed E-state index contributed by atoms with van der Waals surface area (Å²) in [4.78, 5) is 19.7. The van der Waals surface area contributed by atoms with Crippen molar-refractivity contribution < 1.29 is 13.6 Å². The van der Waals surface area contributed by atoms with Crippen molar-refractivity contribution in [1.82, 2.24) is 9.88 Å². The molecule has 1 fully saturated rings. The summed E-state index contributed by atoms with van der Waals surface area (Å²) in [6.45, 7) is 0.691. The van der Waals surface area contributed by atoms with Crippen LogP contribution in [0.25, 0.3) is 11.1 Å². The Kier molecular flexibility index (Phi) is 4.79. The number of fused-ring (bicyclic) bond motifs is 1. The molecule has 0 bridgehead atoms. The lowest BCUT2D eigenvalue weighted by molar-refractivity contribution is 0.0736. The smallest absolute Gasteiger partial charge is 0.254 e. The average Bonchev–Trinajstić information content (AvgIpc) is 3.40. The number of amides is 1. The number of carbonyl (C=O) groups excluding carboxylic acids is 1. The maximum atomic E-state index is 13.3. The first kappa shape index (κ1) is 18.6. The molecule has 1 aliphatic rings. The molecule has 0 spiro atoms. The van der Waals surface area contributed by atoms with Crippen LogP contribution in [0.4, 0.5) is 4.39 Å². The molecule has 1 amide bonds. The van der Waals surface area contributed by atoms with Crippen LogP contribution in [0.15, 0.2) is 77.2 Å². The first-order valence-electron chi connectivity index (χ1n) is 10.2. The van der Waals surface area contributed by atoms with Gasteiger partial charge >= 0.3 is 0 Å². The van der Waals surface area contributed by atoms with Gasteiger partial charge in [-0.15, -0.1) is 0 Å². The largest absolute Gasteiger partial charge is 0.440 e. The Bertz CT molecular complexity index is 1180. The number of hydrogen-bond donors (Lipinski definition) is 0. The fourth-order valence-electron chi connectivity index (χ4n) is 4.16. The third-order valence-corrected chi connectivity index (χ3v) is 5.65. The second-order valence-electron chi connectivity index (χ2n) is 7.66. The van der Waals surface area contributed by atoms with E-state index in [4.69, 9.17) is 4.42 Å². The number of carbonyl (C=O) groups is 1. The van der Waals surface area contributed by atoms with Crippen LogP contribution in [0.1, 0.15) is 46.3 Å². The van der Waals surface area contributed by atoms with E-state index in [2.05, 4.69) is 4.98 Å². The summed E-state index contributed by atoms with van der Waals surface area (Å²) >= 11 is 0. The number of aromatic nitrogens is 1. The third-order valence-electron chi connectivity index (χ3n) is 5.65. The van der Waals surface area contributed by atoms with Crippen molar-refractivity contribution >= 4 is 17.0 Å². The molecule has 1 unspecified atom stereocenters. The Morgan fingerprint density at radius 3 is 2.67 bits per heavy atom. The maximum absolute atomic E-state index is 13.3. The number of nitrogens with zero attached hydrogens (tertiary/aromatic N) is 2. The lowest BCUT2D eigenvalue weighted by Gasteiger charge is -2.25. The Labute approximate surface area is 174 Å². The zero-order chi connectivity index (χ0) is 20.5. The van der Waals surface area contributed by atoms with Gasteiger partial charge in [0.1, 0.15) is 11.3 Å². The quantitative estimate of drug-likeness (QED) is 0.452. The van der Waals surface area contributed by atoms with Gasteiger partial charge < -0.3 is 9.32 Å². The van der Waals surface area contributed by atoms with E-state index in [0.717, 1.165) is 24.0 Å². The van der Waals surface area contributed by atoms with E-state index in [9.17, 15) is 9.18 Å². The van der Waals surface area contributed by atoms with Crippen molar-refractivity contribution in [1.29, 1.82) is 0 Å². The van der Waals surface area contributed by atoms with E-state index in [-0.39, 0.29) is 17.8 Å². The van der Waals surface area contributed by atoms with Crippen molar-refractivity contribution in [3.05, 3.63) is 101 Å². The van der Waals surface area contributed by atoms with Gasteiger partial charge in [-0.3, -0.25) is 4.79 Å². The molecule has 4 nitrogen and oxygen atoms in total. The molecule has 0 saturated carbocycles. The van der Waals surface area contributed by atoms with Gasteiger partial charge in [0, 0.05) is 18.5 Å². The van der Waals surface area contributed by atoms with E-state index < -0.39 is 0 Å². The zero-order valence-electron chi connectivity index (χ0n) is 16.4. The molecule has 0 radical (unpaired) electrons. The first-order chi connectivity index (χ1) is 14.7. The molecule has 1 atom stereocenters. The summed E-state index contributed by atoms with van der Waals surface area (Å²) in [5, 5.41) is 0. The van der Waals surface area contributed by atoms with Gasteiger partial charge in [-0.1, -0.05) is 42.5 Å². The van der Waals surface area contributed by atoms with Crippen LogP contribution in [-0.4, -0.2) is 22.3 Å². The highest BCUT2D eigenvalue weighted by molar-refractivity contribution is 5.97. The number of oxazole rings is 1. The lowest BCUT2D eigenvalue weighted by atomic mass is 10.0. The summed E-state index contributed by atoms with van der Waals surface area (Å²) in [5.41, 5.74) is 4.05. The minimum Gasteiger partial charge on any atom is -0.440 e. The van der Waals surface area contributed by atoms with E-state index >= 15 is 0 Å².